The van der Waals surface area contributed by atoms with E-state index in [0.717, 1.165) is 6.07 Å². The maximum absolute atomic E-state index is 13.8. The molecule has 0 aliphatic carbocycles. The van der Waals surface area contributed by atoms with Gasteiger partial charge >= 0.3 is 0 Å². The summed E-state index contributed by atoms with van der Waals surface area (Å²) in [7, 11) is 0. The smallest absolute Gasteiger partial charge is 0.280 e. The van der Waals surface area contributed by atoms with Crippen LogP contribution < -0.4 is 0 Å². The van der Waals surface area contributed by atoms with Crippen molar-refractivity contribution in [1.82, 2.24) is 24.5 Å². The summed E-state index contributed by atoms with van der Waals surface area (Å²) in [4.78, 5) is 22.2. The lowest BCUT2D eigenvalue weighted by molar-refractivity contribution is 0.0664. The van der Waals surface area contributed by atoms with Crippen molar-refractivity contribution in [1.29, 1.82) is 0 Å². The van der Waals surface area contributed by atoms with E-state index in [-0.39, 0.29) is 35.3 Å². The van der Waals surface area contributed by atoms with Crippen molar-refractivity contribution in [2.75, 3.05) is 13.1 Å². The quantitative estimate of drug-likeness (QED) is 0.602. The summed E-state index contributed by atoms with van der Waals surface area (Å²) in [5.41, 5.74) is 0.172. The van der Waals surface area contributed by atoms with Gasteiger partial charge in [-0.2, -0.15) is 10.1 Å². The second-order valence-electron chi connectivity index (χ2n) is 7.59. The molecule has 158 valence electrons. The molecule has 1 aliphatic heterocycles. The fraction of sp³-hybridized carbons (Fsp3) is 0.400. The maximum atomic E-state index is 13.8. The van der Waals surface area contributed by atoms with E-state index >= 15 is 0 Å². The molecule has 4 rings (SSSR count). The summed E-state index contributed by atoms with van der Waals surface area (Å²) in [6.07, 6.45) is -0.921. The molecule has 6 nitrogen and oxygen atoms in total. The average molecular weight is 421 g/mol. The molecule has 10 heteroatoms. The van der Waals surface area contributed by atoms with Crippen molar-refractivity contribution >= 4 is 11.7 Å². The number of benzene rings is 1. The maximum Gasteiger partial charge on any atom is 0.280 e. The van der Waals surface area contributed by atoms with Crippen LogP contribution in [0.4, 0.5) is 17.6 Å². The predicted octanol–water partition coefficient (Wildman–Crippen LogP) is 3.91. The Bertz CT molecular complexity index is 1090. The first kappa shape index (κ1) is 20.2. The number of halogens is 4. The fourth-order valence-corrected chi connectivity index (χ4v) is 3.90. The van der Waals surface area contributed by atoms with Gasteiger partial charge < -0.3 is 4.90 Å². The Hall–Kier alpha value is -3.04. The van der Waals surface area contributed by atoms with Gasteiger partial charge in [0.05, 0.1) is 5.69 Å². The van der Waals surface area contributed by atoms with Crippen molar-refractivity contribution in [3.63, 3.8) is 0 Å². The summed E-state index contributed by atoms with van der Waals surface area (Å²) in [5, 5.41) is 4.09. The Morgan fingerprint density at radius 2 is 2.00 bits per heavy atom. The van der Waals surface area contributed by atoms with Crippen LogP contribution in [0.2, 0.25) is 0 Å². The zero-order valence-electron chi connectivity index (χ0n) is 16.3. The zero-order valence-corrected chi connectivity index (χ0v) is 16.3. The number of carbonyl (C=O) groups is 1. The minimum Gasteiger partial charge on any atom is -0.338 e. The highest BCUT2D eigenvalue weighted by atomic mass is 19.3. The van der Waals surface area contributed by atoms with E-state index in [1.165, 1.54) is 34.8 Å². The molecule has 3 aromatic rings. The monoisotopic (exact) mass is 421 g/mol. The molecular formula is C20H19F4N5O. The Morgan fingerprint density at radius 3 is 2.70 bits per heavy atom. The number of nitrogens with zero attached hydrogens (tertiary/aromatic N) is 5. The molecule has 1 aliphatic rings. The molecule has 0 saturated carbocycles. The zero-order chi connectivity index (χ0) is 21.6. The van der Waals surface area contributed by atoms with E-state index in [0.29, 0.717) is 18.7 Å². The van der Waals surface area contributed by atoms with Crippen molar-refractivity contribution in [2.24, 2.45) is 5.92 Å². The van der Waals surface area contributed by atoms with Crippen LogP contribution in [0.3, 0.4) is 0 Å². The first-order chi connectivity index (χ1) is 14.3. The molecule has 2 atom stereocenters. The lowest BCUT2D eigenvalue weighted by atomic mass is 9.84. The number of hydrogen-bond acceptors (Lipinski definition) is 4. The SMILES string of the molecule is Cc1cc(C(=O)N2CC[C@@H](C)[C@H](c3cc(C(F)F)nc4ncnn34)C2)cc(F)c1F. The Kier molecular flexibility index (Phi) is 5.17. The fourth-order valence-electron chi connectivity index (χ4n) is 3.90. The van der Waals surface area contributed by atoms with Gasteiger partial charge in [-0.3, -0.25) is 4.79 Å². The Morgan fingerprint density at radius 1 is 1.23 bits per heavy atom. The van der Waals surface area contributed by atoms with Crippen LogP contribution in [-0.2, 0) is 0 Å². The molecule has 2 aromatic heterocycles. The van der Waals surface area contributed by atoms with E-state index in [4.69, 9.17) is 0 Å². The molecule has 1 aromatic carbocycles. The first-order valence-electron chi connectivity index (χ1n) is 9.50. The van der Waals surface area contributed by atoms with Gasteiger partial charge in [0.25, 0.3) is 18.1 Å². The number of aromatic nitrogens is 4. The summed E-state index contributed by atoms with van der Waals surface area (Å²) < 4.78 is 55.4. The van der Waals surface area contributed by atoms with Crippen LogP contribution in [0.15, 0.2) is 24.5 Å². The van der Waals surface area contributed by atoms with Crippen LogP contribution >= 0.6 is 0 Å². The second-order valence-corrected chi connectivity index (χ2v) is 7.59. The van der Waals surface area contributed by atoms with Gasteiger partial charge in [0, 0.05) is 24.6 Å². The number of fused-ring (bicyclic) bond motifs is 1. The van der Waals surface area contributed by atoms with Crippen LogP contribution in [0.5, 0.6) is 0 Å². The molecule has 0 N–H and O–H groups in total. The van der Waals surface area contributed by atoms with Crippen LogP contribution in [0.25, 0.3) is 5.78 Å². The van der Waals surface area contributed by atoms with Crippen molar-refractivity contribution in [3.05, 3.63) is 58.7 Å². The number of carbonyl (C=O) groups excluding carboxylic acids is 1. The van der Waals surface area contributed by atoms with Gasteiger partial charge in [-0.05, 0) is 43.0 Å². The third-order valence-corrected chi connectivity index (χ3v) is 5.61. The third-order valence-electron chi connectivity index (χ3n) is 5.61. The highest BCUT2D eigenvalue weighted by molar-refractivity contribution is 5.94. The van der Waals surface area contributed by atoms with Crippen molar-refractivity contribution in [2.45, 2.75) is 32.6 Å². The molecule has 3 heterocycles. The molecule has 1 saturated heterocycles. The standard InChI is InChI=1S/C20H19F4N5O/c1-10-3-4-28(19(30)12-5-11(2)17(22)14(21)6-12)8-13(10)16-7-15(18(23)24)27-20-25-9-26-29(16)20/h5-7,9-10,13,18H,3-4,8H2,1-2H3/t10-,13-/m1/s1. The number of aryl methyl sites for hydroxylation is 1. The predicted molar refractivity (Wildman–Crippen MR) is 99.3 cm³/mol. The van der Waals surface area contributed by atoms with Crippen LogP contribution in [-0.4, -0.2) is 43.5 Å². The normalized spacial score (nSPS) is 19.6. The Labute approximate surface area is 169 Å². The lowest BCUT2D eigenvalue weighted by Crippen LogP contribution is -2.42. The number of hydrogen-bond donors (Lipinski definition) is 0. The molecule has 1 amide bonds. The number of likely N-dealkylation sites (tertiary alicyclic amines) is 1. The van der Waals surface area contributed by atoms with Gasteiger partial charge in [0.2, 0.25) is 0 Å². The molecule has 1 fully saturated rings. The highest BCUT2D eigenvalue weighted by Gasteiger charge is 2.33. The van der Waals surface area contributed by atoms with Gasteiger partial charge in [-0.15, -0.1) is 0 Å². The number of amides is 1. The van der Waals surface area contributed by atoms with E-state index in [1.807, 2.05) is 6.92 Å². The summed E-state index contributed by atoms with van der Waals surface area (Å²) in [6.45, 7) is 4.00. The molecule has 0 spiro atoms. The third kappa shape index (κ3) is 3.50. The minimum absolute atomic E-state index is 0.0420. The molecule has 30 heavy (non-hydrogen) atoms. The summed E-state index contributed by atoms with van der Waals surface area (Å²) in [6, 6.07) is 3.49. The number of rotatable bonds is 3. The number of alkyl halides is 2. The van der Waals surface area contributed by atoms with Gasteiger partial charge in [0.1, 0.15) is 12.0 Å². The molecule has 0 unspecified atom stereocenters. The lowest BCUT2D eigenvalue weighted by Gasteiger charge is -2.37. The second kappa shape index (κ2) is 7.66. The molecule has 0 bridgehead atoms. The topological polar surface area (TPSA) is 63.4 Å². The van der Waals surface area contributed by atoms with Crippen molar-refractivity contribution < 1.29 is 22.4 Å². The summed E-state index contributed by atoms with van der Waals surface area (Å²) in [5.74, 6) is -2.68. The van der Waals surface area contributed by atoms with Crippen LogP contribution in [0, 0.1) is 24.5 Å². The largest absolute Gasteiger partial charge is 0.338 e. The first-order valence-corrected chi connectivity index (χ1v) is 9.50. The van der Waals surface area contributed by atoms with E-state index in [2.05, 4.69) is 15.1 Å². The summed E-state index contributed by atoms with van der Waals surface area (Å²) >= 11 is 0. The average Bonchev–Trinajstić information content (AvgIpc) is 3.19. The molecule has 0 radical (unpaired) electrons. The number of piperidine rings is 1. The Balaban J connectivity index is 1.69. The van der Waals surface area contributed by atoms with Gasteiger partial charge in [0.15, 0.2) is 11.6 Å². The minimum atomic E-state index is -2.77. The van der Waals surface area contributed by atoms with E-state index < -0.39 is 29.7 Å². The van der Waals surface area contributed by atoms with Gasteiger partial charge in [-0.1, -0.05) is 6.92 Å². The van der Waals surface area contributed by atoms with E-state index in [9.17, 15) is 22.4 Å². The molecular weight excluding hydrogens is 402 g/mol. The highest BCUT2D eigenvalue weighted by Crippen LogP contribution is 2.34. The van der Waals surface area contributed by atoms with Crippen molar-refractivity contribution in [3.8, 4) is 0 Å². The van der Waals surface area contributed by atoms with Crippen LogP contribution in [0.1, 0.15) is 53.0 Å². The van der Waals surface area contributed by atoms with Gasteiger partial charge in [-0.25, -0.2) is 27.1 Å². The van der Waals surface area contributed by atoms with E-state index in [1.54, 1.807) is 0 Å².